The minimum Gasteiger partial charge on any atom is -0.268 e. The first-order valence-corrected chi connectivity index (χ1v) is 5.42. The van der Waals surface area contributed by atoms with Crippen molar-refractivity contribution >= 4 is 11.4 Å². The normalized spacial score (nSPS) is 15.9. The molecule has 0 aromatic carbocycles. The van der Waals surface area contributed by atoms with E-state index in [1.807, 2.05) is 13.8 Å². The van der Waals surface area contributed by atoms with Crippen LogP contribution in [0, 0.1) is 0 Å². The van der Waals surface area contributed by atoms with Gasteiger partial charge in [0, 0.05) is 0 Å². The maximum Gasteiger partial charge on any atom is 0.304 e. The van der Waals surface area contributed by atoms with Crippen LogP contribution in [0.15, 0.2) is 0 Å². The van der Waals surface area contributed by atoms with Gasteiger partial charge >= 0.3 is 11.4 Å². The van der Waals surface area contributed by atoms with Crippen LogP contribution in [-0.2, 0) is 19.7 Å². The molecule has 0 radical (unpaired) electrons. The average molecular weight is 194 g/mol. The summed E-state index contributed by atoms with van der Waals surface area (Å²) in [7, 11) is 0. The Labute approximate surface area is 77.3 Å². The van der Waals surface area contributed by atoms with Crippen LogP contribution in [0.3, 0.4) is 0 Å². The third-order valence-electron chi connectivity index (χ3n) is 1.32. The van der Waals surface area contributed by atoms with Gasteiger partial charge in [0.1, 0.15) is 0 Å². The predicted molar refractivity (Wildman–Crippen MR) is 49.8 cm³/mol. The minimum atomic E-state index is -1.55. The molecule has 0 N–H and O–H groups in total. The lowest BCUT2D eigenvalue weighted by molar-refractivity contribution is 0.186. The molecule has 2 atom stereocenters. The first kappa shape index (κ1) is 12.1. The molecule has 0 bridgehead atoms. The molecule has 0 saturated carbocycles. The lowest BCUT2D eigenvalue weighted by Gasteiger charge is -2.09. The van der Waals surface area contributed by atoms with Crippen LogP contribution in [0.2, 0.25) is 0 Å². The highest BCUT2D eigenvalue weighted by Crippen LogP contribution is 2.04. The van der Waals surface area contributed by atoms with Crippen molar-refractivity contribution in [2.45, 2.75) is 46.1 Å². The Kier molecular flexibility index (Phi) is 7.75. The van der Waals surface area contributed by atoms with Gasteiger partial charge in [-0.1, -0.05) is 20.3 Å². The summed E-state index contributed by atoms with van der Waals surface area (Å²) in [6.45, 7) is 6.42. The molecule has 0 aliphatic heterocycles. The number of rotatable bonds is 7. The summed E-state index contributed by atoms with van der Waals surface area (Å²) in [5.74, 6) is 0. The summed E-state index contributed by atoms with van der Waals surface area (Å²) in [5, 5.41) is 0. The second-order valence-electron chi connectivity index (χ2n) is 2.72. The summed E-state index contributed by atoms with van der Waals surface area (Å²) in [6.07, 6.45) is 2.83. The monoisotopic (exact) mass is 194 g/mol. The van der Waals surface area contributed by atoms with E-state index >= 15 is 0 Å². The van der Waals surface area contributed by atoms with Crippen LogP contribution < -0.4 is 0 Å². The van der Waals surface area contributed by atoms with Crippen molar-refractivity contribution in [3.8, 4) is 0 Å². The Balaban J connectivity index is 3.40. The van der Waals surface area contributed by atoms with E-state index in [1.165, 1.54) is 0 Å². The summed E-state index contributed by atoms with van der Waals surface area (Å²) < 4.78 is 20.9. The maximum atomic E-state index is 11.0. The van der Waals surface area contributed by atoms with Gasteiger partial charge in [-0.15, -0.1) is 0 Å². The Hall–Kier alpha value is 0.0700. The summed E-state index contributed by atoms with van der Waals surface area (Å²) >= 11 is -1.55. The van der Waals surface area contributed by atoms with Crippen molar-refractivity contribution in [1.82, 2.24) is 0 Å². The van der Waals surface area contributed by atoms with Gasteiger partial charge < -0.3 is 0 Å². The molecule has 0 aromatic heterocycles. The van der Waals surface area contributed by atoms with E-state index < -0.39 is 11.4 Å². The van der Waals surface area contributed by atoms with Gasteiger partial charge in [0.05, 0.1) is 12.7 Å². The molecular weight excluding hydrogens is 176 g/mol. The predicted octanol–water partition coefficient (Wildman–Crippen LogP) is 2.20. The highest BCUT2D eigenvalue weighted by Gasteiger charge is 2.06. The largest absolute Gasteiger partial charge is 0.304 e. The fraction of sp³-hybridized carbons (Fsp3) is 1.00. The minimum absolute atomic E-state index is 0.0210. The highest BCUT2D eigenvalue weighted by atomic mass is 32.2. The second-order valence-corrected chi connectivity index (χ2v) is 3.56. The molecule has 0 amide bonds. The van der Waals surface area contributed by atoms with E-state index in [2.05, 4.69) is 6.92 Å². The van der Waals surface area contributed by atoms with Crippen molar-refractivity contribution < 1.29 is 12.6 Å². The molecule has 74 valence electrons. The molecule has 2 unspecified atom stereocenters. The Morgan fingerprint density at radius 3 is 2.50 bits per heavy atom. The molecule has 0 fully saturated rings. The van der Waals surface area contributed by atoms with Crippen LogP contribution in [0.5, 0.6) is 0 Å². The zero-order chi connectivity index (χ0) is 9.40. The van der Waals surface area contributed by atoms with Gasteiger partial charge in [-0.05, 0) is 19.8 Å². The summed E-state index contributed by atoms with van der Waals surface area (Å²) in [4.78, 5) is 0. The molecule has 0 aliphatic carbocycles. The standard InChI is InChI=1S/C8H18O3S/c1-4-6-8(3)11-12(9)10-7-5-2/h8H,4-7H2,1-3H3. The second kappa shape index (κ2) is 7.71. The number of hydrogen-bond acceptors (Lipinski definition) is 3. The third-order valence-corrected chi connectivity index (χ3v) is 2.17. The molecule has 12 heavy (non-hydrogen) atoms. The van der Waals surface area contributed by atoms with Crippen molar-refractivity contribution in [1.29, 1.82) is 0 Å². The van der Waals surface area contributed by atoms with Crippen molar-refractivity contribution in [2.24, 2.45) is 0 Å². The fourth-order valence-corrected chi connectivity index (χ4v) is 1.49. The van der Waals surface area contributed by atoms with E-state index in [1.54, 1.807) is 0 Å². The number of hydrogen-bond donors (Lipinski definition) is 0. The third kappa shape index (κ3) is 6.76. The van der Waals surface area contributed by atoms with E-state index in [9.17, 15) is 4.21 Å². The molecule has 0 aromatic rings. The van der Waals surface area contributed by atoms with Crippen LogP contribution in [0.4, 0.5) is 0 Å². The summed E-state index contributed by atoms with van der Waals surface area (Å²) in [5.41, 5.74) is 0. The van der Waals surface area contributed by atoms with Crippen molar-refractivity contribution in [2.75, 3.05) is 6.61 Å². The molecular formula is C8H18O3S. The van der Waals surface area contributed by atoms with E-state index in [0.29, 0.717) is 6.61 Å². The first-order chi connectivity index (χ1) is 5.70. The lowest BCUT2D eigenvalue weighted by atomic mass is 10.2. The highest BCUT2D eigenvalue weighted by molar-refractivity contribution is 7.75. The summed E-state index contributed by atoms with van der Waals surface area (Å²) in [6, 6.07) is 0. The lowest BCUT2D eigenvalue weighted by Crippen LogP contribution is -2.12. The van der Waals surface area contributed by atoms with Crippen LogP contribution >= 0.6 is 0 Å². The van der Waals surface area contributed by atoms with Gasteiger partial charge in [-0.2, -0.15) is 4.21 Å². The van der Waals surface area contributed by atoms with Crippen LogP contribution in [-0.4, -0.2) is 16.9 Å². The molecule has 0 saturated heterocycles. The first-order valence-electron chi connectivity index (χ1n) is 4.42. The van der Waals surface area contributed by atoms with E-state index in [4.69, 9.17) is 8.37 Å². The van der Waals surface area contributed by atoms with Crippen molar-refractivity contribution in [3.63, 3.8) is 0 Å². The molecule has 3 nitrogen and oxygen atoms in total. The van der Waals surface area contributed by atoms with Gasteiger partial charge in [-0.25, -0.2) is 0 Å². The Morgan fingerprint density at radius 2 is 2.00 bits per heavy atom. The van der Waals surface area contributed by atoms with Gasteiger partial charge in [0.25, 0.3) is 0 Å². The van der Waals surface area contributed by atoms with E-state index in [0.717, 1.165) is 19.3 Å². The van der Waals surface area contributed by atoms with Crippen LogP contribution in [0.25, 0.3) is 0 Å². The van der Waals surface area contributed by atoms with Gasteiger partial charge in [0.15, 0.2) is 0 Å². The molecule has 0 heterocycles. The quantitative estimate of drug-likeness (QED) is 0.623. The van der Waals surface area contributed by atoms with E-state index in [-0.39, 0.29) is 6.10 Å². The van der Waals surface area contributed by atoms with Crippen molar-refractivity contribution in [3.05, 3.63) is 0 Å². The van der Waals surface area contributed by atoms with Gasteiger partial charge in [-0.3, -0.25) is 8.37 Å². The zero-order valence-corrected chi connectivity index (χ0v) is 8.86. The van der Waals surface area contributed by atoms with Gasteiger partial charge in [0.2, 0.25) is 0 Å². The fourth-order valence-electron chi connectivity index (χ4n) is 0.768. The molecule has 4 heteroatoms. The maximum absolute atomic E-state index is 11.0. The van der Waals surface area contributed by atoms with Crippen LogP contribution in [0.1, 0.15) is 40.0 Å². The smallest absolute Gasteiger partial charge is 0.268 e. The molecule has 0 spiro atoms. The topological polar surface area (TPSA) is 35.5 Å². The zero-order valence-electron chi connectivity index (χ0n) is 8.04. The molecule has 0 rings (SSSR count). The average Bonchev–Trinajstić information content (AvgIpc) is 2.01. The molecule has 0 aliphatic rings. The Morgan fingerprint density at radius 1 is 1.33 bits per heavy atom. The SMILES string of the molecule is CCCOS(=O)OC(C)CCC. The Bertz CT molecular complexity index is 127.